The monoisotopic (exact) mass is 436 g/mol. The number of carbonyl (C=O) groups excluding carboxylic acids is 1. The summed E-state index contributed by atoms with van der Waals surface area (Å²) in [5, 5.41) is 14.5. The minimum atomic E-state index is -0.518. The maximum absolute atomic E-state index is 12.6. The molecular formula is C24H28N4O4. The maximum atomic E-state index is 12.6. The van der Waals surface area contributed by atoms with Gasteiger partial charge >= 0.3 is 5.69 Å². The Bertz CT molecular complexity index is 1030. The Kier molecular flexibility index (Phi) is 6.23. The van der Waals surface area contributed by atoms with E-state index in [2.05, 4.69) is 22.1 Å². The molecule has 2 aromatic rings. The van der Waals surface area contributed by atoms with Gasteiger partial charge in [0.1, 0.15) is 12.1 Å². The van der Waals surface area contributed by atoms with E-state index < -0.39 is 4.92 Å². The Morgan fingerprint density at radius 1 is 1.31 bits per heavy atom. The van der Waals surface area contributed by atoms with E-state index in [1.54, 1.807) is 6.07 Å². The molecule has 1 saturated heterocycles. The van der Waals surface area contributed by atoms with E-state index in [-0.39, 0.29) is 35.1 Å². The van der Waals surface area contributed by atoms with Crippen molar-refractivity contribution < 1.29 is 14.5 Å². The van der Waals surface area contributed by atoms with Crippen LogP contribution in [0.25, 0.3) is 0 Å². The van der Waals surface area contributed by atoms with Crippen molar-refractivity contribution in [2.75, 3.05) is 19.6 Å². The molecule has 0 aromatic heterocycles. The molecular weight excluding hydrogens is 408 g/mol. The minimum absolute atomic E-state index is 0.140. The Labute approximate surface area is 187 Å². The molecule has 168 valence electrons. The van der Waals surface area contributed by atoms with E-state index in [1.165, 1.54) is 12.1 Å². The second kappa shape index (κ2) is 9.08. The molecule has 1 fully saturated rings. The molecule has 0 radical (unpaired) electrons. The molecule has 0 bridgehead atoms. The Morgan fingerprint density at radius 2 is 2.06 bits per heavy atom. The van der Waals surface area contributed by atoms with Crippen molar-refractivity contribution in [3.63, 3.8) is 0 Å². The molecule has 1 amide bonds. The number of likely N-dealkylation sites (tertiary alicyclic amines) is 1. The van der Waals surface area contributed by atoms with Gasteiger partial charge in [-0.3, -0.25) is 24.8 Å². The van der Waals surface area contributed by atoms with Crippen LogP contribution in [0.5, 0.6) is 5.75 Å². The molecule has 1 N–H and O–H groups in total. The molecule has 2 aliphatic heterocycles. The van der Waals surface area contributed by atoms with Crippen molar-refractivity contribution >= 4 is 17.8 Å². The number of likely N-dealkylation sites (N-methyl/N-ethyl adjacent to an activating group) is 1. The molecule has 4 rings (SSSR count). The van der Waals surface area contributed by atoms with Crippen molar-refractivity contribution in [1.29, 1.82) is 0 Å². The van der Waals surface area contributed by atoms with Crippen LogP contribution in [0.3, 0.4) is 0 Å². The molecule has 2 unspecified atom stereocenters. The van der Waals surface area contributed by atoms with Crippen molar-refractivity contribution in [2.24, 2.45) is 4.99 Å². The number of rotatable bonds is 9. The highest BCUT2D eigenvalue weighted by atomic mass is 16.6. The first-order valence-corrected chi connectivity index (χ1v) is 11.0. The number of nitro groups is 1. The van der Waals surface area contributed by atoms with Gasteiger partial charge in [-0.25, -0.2) is 0 Å². The molecule has 2 atom stereocenters. The predicted octanol–water partition coefficient (Wildman–Crippen LogP) is 3.69. The summed E-state index contributed by atoms with van der Waals surface area (Å²) in [5.74, 6) is -0.171. The number of nitro benzene ring substituents is 1. The number of carbonyl (C=O) groups is 1. The summed E-state index contributed by atoms with van der Waals surface area (Å²) >= 11 is 0. The summed E-state index contributed by atoms with van der Waals surface area (Å²) < 4.78 is 5.72. The lowest BCUT2D eigenvalue weighted by Gasteiger charge is -2.22. The average molecular weight is 437 g/mol. The van der Waals surface area contributed by atoms with Crippen LogP contribution in [0.15, 0.2) is 47.5 Å². The third kappa shape index (κ3) is 4.80. The number of ether oxygens (including phenoxy) is 1. The Hall–Kier alpha value is -3.26. The Morgan fingerprint density at radius 3 is 2.72 bits per heavy atom. The zero-order valence-corrected chi connectivity index (χ0v) is 18.4. The molecule has 0 saturated carbocycles. The van der Waals surface area contributed by atoms with Gasteiger partial charge in [0.2, 0.25) is 0 Å². The van der Waals surface area contributed by atoms with E-state index in [4.69, 9.17) is 4.74 Å². The van der Waals surface area contributed by atoms with Crippen LogP contribution < -0.4 is 10.1 Å². The standard InChI is InChI=1S/C24H28N4O4/c1-3-27-12-4-5-20(27)14-25-23(29)18-8-11-22(21(13-18)28(30)31)32-15-17-6-9-19(10-7-17)24(2)16-26-24/h6-11,13,16,20H,3-5,12,14-15H2,1-2H3,(H,25,29). The van der Waals surface area contributed by atoms with E-state index in [1.807, 2.05) is 37.4 Å². The van der Waals surface area contributed by atoms with Gasteiger partial charge in [-0.1, -0.05) is 31.2 Å². The molecule has 0 aliphatic carbocycles. The number of amides is 1. The highest BCUT2D eigenvalue weighted by molar-refractivity contribution is 5.95. The number of hydrogen-bond acceptors (Lipinski definition) is 6. The van der Waals surface area contributed by atoms with Crippen LogP contribution in [-0.2, 0) is 12.1 Å². The summed E-state index contributed by atoms with van der Waals surface area (Å²) in [4.78, 5) is 30.2. The van der Waals surface area contributed by atoms with Gasteiger partial charge in [0.25, 0.3) is 5.91 Å². The van der Waals surface area contributed by atoms with Crippen LogP contribution in [-0.4, -0.2) is 47.6 Å². The van der Waals surface area contributed by atoms with Crippen LogP contribution in [0.1, 0.15) is 48.2 Å². The summed E-state index contributed by atoms with van der Waals surface area (Å²) in [6.07, 6.45) is 4.07. The fraction of sp³-hybridized carbons (Fsp3) is 0.417. The Balaban J connectivity index is 1.39. The number of aliphatic imine (C=N–C) groups is 1. The number of nitrogens with zero attached hydrogens (tertiary/aromatic N) is 3. The second-order valence-corrected chi connectivity index (χ2v) is 8.47. The summed E-state index contributed by atoms with van der Waals surface area (Å²) in [6, 6.07) is 12.5. The first-order chi connectivity index (χ1) is 15.4. The molecule has 0 spiro atoms. The summed E-state index contributed by atoms with van der Waals surface area (Å²) in [5.41, 5.74) is 1.84. The van der Waals surface area contributed by atoms with Crippen LogP contribution in [0.2, 0.25) is 0 Å². The van der Waals surface area contributed by atoms with Gasteiger partial charge in [-0.05, 0) is 56.1 Å². The first kappa shape index (κ1) is 22.0. The van der Waals surface area contributed by atoms with Gasteiger partial charge in [0, 0.05) is 30.4 Å². The molecule has 8 nitrogen and oxygen atoms in total. The van der Waals surface area contributed by atoms with Crippen molar-refractivity contribution in [2.45, 2.75) is 44.9 Å². The lowest BCUT2D eigenvalue weighted by molar-refractivity contribution is -0.386. The molecule has 2 heterocycles. The highest BCUT2D eigenvalue weighted by Crippen LogP contribution is 2.33. The quantitative estimate of drug-likeness (QED) is 0.478. The lowest BCUT2D eigenvalue weighted by atomic mass is 9.99. The minimum Gasteiger partial charge on any atom is -0.482 e. The molecule has 2 aliphatic rings. The number of nitrogens with one attached hydrogen (secondary N) is 1. The number of benzene rings is 2. The third-order valence-corrected chi connectivity index (χ3v) is 6.27. The number of hydrogen-bond donors (Lipinski definition) is 1. The van der Waals surface area contributed by atoms with Gasteiger partial charge in [-0.2, -0.15) is 0 Å². The second-order valence-electron chi connectivity index (χ2n) is 8.47. The summed E-state index contributed by atoms with van der Waals surface area (Å²) in [6.45, 7) is 6.88. The van der Waals surface area contributed by atoms with E-state index in [9.17, 15) is 14.9 Å². The predicted molar refractivity (Wildman–Crippen MR) is 122 cm³/mol. The van der Waals surface area contributed by atoms with Crippen molar-refractivity contribution in [3.05, 3.63) is 69.3 Å². The van der Waals surface area contributed by atoms with Crippen molar-refractivity contribution in [1.82, 2.24) is 10.2 Å². The largest absolute Gasteiger partial charge is 0.482 e. The fourth-order valence-electron chi connectivity index (χ4n) is 4.12. The summed E-state index contributed by atoms with van der Waals surface area (Å²) in [7, 11) is 0. The van der Waals surface area contributed by atoms with Gasteiger partial charge in [-0.15, -0.1) is 0 Å². The zero-order valence-electron chi connectivity index (χ0n) is 18.4. The van der Waals surface area contributed by atoms with E-state index >= 15 is 0 Å². The maximum Gasteiger partial charge on any atom is 0.311 e. The topological polar surface area (TPSA) is 97.1 Å². The van der Waals surface area contributed by atoms with Gasteiger partial charge < -0.3 is 10.1 Å². The van der Waals surface area contributed by atoms with Crippen LogP contribution >= 0.6 is 0 Å². The molecule has 32 heavy (non-hydrogen) atoms. The zero-order chi connectivity index (χ0) is 22.7. The smallest absolute Gasteiger partial charge is 0.311 e. The fourth-order valence-corrected chi connectivity index (χ4v) is 4.12. The molecule has 2 aromatic carbocycles. The van der Waals surface area contributed by atoms with Crippen LogP contribution in [0, 0.1) is 10.1 Å². The van der Waals surface area contributed by atoms with E-state index in [0.29, 0.717) is 12.6 Å². The lowest BCUT2D eigenvalue weighted by Crippen LogP contribution is -2.40. The van der Waals surface area contributed by atoms with Crippen LogP contribution in [0.4, 0.5) is 5.69 Å². The first-order valence-electron chi connectivity index (χ1n) is 11.0. The molecule has 8 heteroatoms. The SMILES string of the molecule is CCN1CCCC1CNC(=O)c1ccc(OCc2ccc(C3(C)C=N3)cc2)c([N+](=O)[O-])c1. The highest BCUT2D eigenvalue weighted by Gasteiger charge is 2.32. The van der Waals surface area contributed by atoms with E-state index in [0.717, 1.165) is 37.1 Å². The van der Waals surface area contributed by atoms with Crippen molar-refractivity contribution in [3.8, 4) is 5.75 Å². The average Bonchev–Trinajstić information content (AvgIpc) is 3.39. The third-order valence-electron chi connectivity index (χ3n) is 6.27. The normalized spacial score (nSPS) is 22.0. The van der Waals surface area contributed by atoms with Gasteiger partial charge in [0.05, 0.1) is 4.92 Å². The van der Waals surface area contributed by atoms with Gasteiger partial charge in [0.15, 0.2) is 5.75 Å².